The van der Waals surface area contributed by atoms with E-state index in [1.807, 2.05) is 56.3 Å². The van der Waals surface area contributed by atoms with Gasteiger partial charge in [-0.15, -0.1) is 10.2 Å². The first-order valence-corrected chi connectivity index (χ1v) is 13.4. The van der Waals surface area contributed by atoms with Crippen molar-refractivity contribution in [1.29, 1.82) is 0 Å². The summed E-state index contributed by atoms with van der Waals surface area (Å²) in [5.74, 6) is -0.761. The number of alkyl halides is 3. The van der Waals surface area contributed by atoms with E-state index in [0.717, 1.165) is 11.6 Å². The summed E-state index contributed by atoms with van der Waals surface area (Å²) in [6.45, 7) is 9.12. The van der Waals surface area contributed by atoms with Crippen molar-refractivity contribution in [3.8, 4) is 17.5 Å². The van der Waals surface area contributed by atoms with E-state index in [1.54, 1.807) is 20.8 Å². The van der Waals surface area contributed by atoms with Gasteiger partial charge in [-0.2, -0.15) is 13.2 Å². The maximum Gasteiger partial charge on any atom is 0.421 e. The number of aromatic nitrogens is 3. The number of hydrogen-bond donors (Lipinski definition) is 1. The number of pyridine rings is 1. The molecule has 1 aromatic carbocycles. The third-order valence-electron chi connectivity index (χ3n) is 5.43. The van der Waals surface area contributed by atoms with Crippen molar-refractivity contribution in [3.63, 3.8) is 0 Å². The van der Waals surface area contributed by atoms with E-state index in [9.17, 15) is 18.0 Å². The molecule has 1 aliphatic rings. The van der Waals surface area contributed by atoms with E-state index < -0.39 is 35.4 Å². The number of rotatable bonds is 4. The van der Waals surface area contributed by atoms with Gasteiger partial charge in [0.15, 0.2) is 5.69 Å². The van der Waals surface area contributed by atoms with Crippen LogP contribution >= 0.6 is 0 Å². The van der Waals surface area contributed by atoms with Crippen LogP contribution in [-0.2, 0) is 22.3 Å². The predicted molar refractivity (Wildman–Crippen MR) is 146 cm³/mol. The molecule has 0 saturated heterocycles. The van der Waals surface area contributed by atoms with Crippen molar-refractivity contribution in [2.75, 3.05) is 11.9 Å². The molecule has 0 saturated carbocycles. The van der Waals surface area contributed by atoms with Crippen molar-refractivity contribution in [2.24, 2.45) is 0 Å². The first kappa shape index (κ1) is 31.6. The van der Waals surface area contributed by atoms with Gasteiger partial charge in [0.2, 0.25) is 11.8 Å². The zero-order chi connectivity index (χ0) is 30.0. The Balaban J connectivity index is 0.00000226. The average molecular weight is 577 g/mol. The van der Waals surface area contributed by atoms with Crippen molar-refractivity contribution in [3.05, 3.63) is 65.6 Å². The molecule has 3 aromatic rings. The van der Waals surface area contributed by atoms with Gasteiger partial charge in [0.25, 0.3) is 5.89 Å². The predicted octanol–water partition coefficient (Wildman–Crippen LogP) is 7.90. The van der Waals surface area contributed by atoms with Crippen LogP contribution in [0.1, 0.15) is 77.0 Å². The first-order valence-electron chi connectivity index (χ1n) is 13.4. The lowest BCUT2D eigenvalue weighted by molar-refractivity contribution is -0.139. The van der Waals surface area contributed by atoms with Crippen molar-refractivity contribution in [1.82, 2.24) is 15.2 Å². The number of nitrogens with zero attached hydrogens (tertiary/aromatic N) is 3. The molecule has 0 fully saturated rings. The molecule has 1 amide bonds. The summed E-state index contributed by atoms with van der Waals surface area (Å²) in [6, 6.07) is 10.3. The number of amides is 1. The normalized spacial score (nSPS) is 16.3. The van der Waals surface area contributed by atoms with Crippen molar-refractivity contribution in [2.45, 2.75) is 78.4 Å². The number of halogens is 3. The lowest BCUT2D eigenvalue weighted by Crippen LogP contribution is -2.27. The Kier molecular flexibility index (Phi) is 10.9. The molecular formula is C29H35F3N4O5. The summed E-state index contributed by atoms with van der Waals surface area (Å²) in [6.07, 6.45) is -1.21. The molecule has 4 bridgehead atoms. The van der Waals surface area contributed by atoms with Crippen LogP contribution in [0.2, 0.25) is 0 Å². The molecular weight excluding hydrogens is 541 g/mol. The quantitative estimate of drug-likeness (QED) is 0.312. The Labute approximate surface area is 237 Å². The van der Waals surface area contributed by atoms with Crippen molar-refractivity contribution >= 4 is 11.8 Å². The van der Waals surface area contributed by atoms with Crippen LogP contribution in [0.15, 0.2) is 53.0 Å². The Bertz CT molecular complexity index is 1300. The van der Waals surface area contributed by atoms with Gasteiger partial charge in [-0.25, -0.2) is 9.78 Å². The van der Waals surface area contributed by atoms with Crippen LogP contribution in [0.4, 0.5) is 23.7 Å². The highest BCUT2D eigenvalue weighted by Crippen LogP contribution is 2.40. The van der Waals surface area contributed by atoms with Gasteiger partial charge in [-0.1, -0.05) is 56.3 Å². The smallest absolute Gasteiger partial charge is 0.421 e. The molecule has 41 heavy (non-hydrogen) atoms. The summed E-state index contributed by atoms with van der Waals surface area (Å²) >= 11 is 0. The molecule has 1 aliphatic heterocycles. The number of carbonyl (C=O) groups excluding carboxylic acids is 1. The highest BCUT2D eigenvalue weighted by atomic mass is 19.4. The van der Waals surface area contributed by atoms with Gasteiger partial charge in [-0.3, -0.25) is 5.32 Å². The molecule has 4 rings (SSSR count). The SMILES string of the molecule is CC.CC(C)(C)OC(=O)Nc1cc(C(F)(F)F)c2nc1-c1nnc(o1)C(OCc1ccccc1)CC/C=C\CCO2. The second kappa shape index (κ2) is 14.1. The Morgan fingerprint density at radius 3 is 2.46 bits per heavy atom. The summed E-state index contributed by atoms with van der Waals surface area (Å²) in [4.78, 5) is 16.6. The van der Waals surface area contributed by atoms with Gasteiger partial charge in [0.05, 0.1) is 18.9 Å². The van der Waals surface area contributed by atoms with E-state index >= 15 is 0 Å². The fourth-order valence-electron chi connectivity index (χ4n) is 3.70. The summed E-state index contributed by atoms with van der Waals surface area (Å²) < 4.78 is 64.4. The Morgan fingerprint density at radius 1 is 1.07 bits per heavy atom. The van der Waals surface area contributed by atoms with E-state index in [1.165, 1.54) is 0 Å². The maximum atomic E-state index is 13.9. The van der Waals surface area contributed by atoms with Gasteiger partial charge >= 0.3 is 12.3 Å². The van der Waals surface area contributed by atoms with E-state index in [4.69, 9.17) is 18.6 Å². The molecule has 222 valence electrons. The lowest BCUT2D eigenvalue weighted by atomic mass is 10.1. The topological polar surface area (TPSA) is 109 Å². The number of carbonyl (C=O) groups is 1. The molecule has 12 heteroatoms. The van der Waals surface area contributed by atoms with Gasteiger partial charge in [0.1, 0.15) is 17.3 Å². The van der Waals surface area contributed by atoms with Gasteiger partial charge in [-0.05, 0) is 51.7 Å². The minimum absolute atomic E-state index is 0.0477. The summed E-state index contributed by atoms with van der Waals surface area (Å²) in [5.41, 5.74) is -1.64. The molecule has 0 radical (unpaired) electrons. The Hall–Kier alpha value is -3.93. The number of benzene rings is 1. The molecule has 9 nitrogen and oxygen atoms in total. The molecule has 1 unspecified atom stereocenters. The summed E-state index contributed by atoms with van der Waals surface area (Å²) in [5, 5.41) is 10.4. The molecule has 3 heterocycles. The van der Waals surface area contributed by atoms with Crippen LogP contribution in [0.25, 0.3) is 11.6 Å². The minimum Gasteiger partial charge on any atom is -0.477 e. The van der Waals surface area contributed by atoms with Gasteiger partial charge in [0, 0.05) is 0 Å². The number of anilines is 1. The number of allylic oxidation sites excluding steroid dienone is 1. The molecule has 1 atom stereocenters. The monoisotopic (exact) mass is 576 g/mol. The average Bonchev–Trinajstić information content (AvgIpc) is 3.39. The fourth-order valence-corrected chi connectivity index (χ4v) is 3.70. The highest BCUT2D eigenvalue weighted by molar-refractivity contribution is 5.89. The largest absolute Gasteiger partial charge is 0.477 e. The second-order valence-corrected chi connectivity index (χ2v) is 9.78. The molecule has 2 aromatic heterocycles. The first-order chi connectivity index (χ1) is 19.5. The Morgan fingerprint density at radius 2 is 1.78 bits per heavy atom. The summed E-state index contributed by atoms with van der Waals surface area (Å²) in [7, 11) is 0. The number of nitrogens with one attached hydrogen (secondary N) is 1. The zero-order valence-electron chi connectivity index (χ0n) is 23.7. The van der Waals surface area contributed by atoms with Crippen LogP contribution in [0, 0.1) is 0 Å². The second-order valence-electron chi connectivity index (χ2n) is 9.78. The van der Waals surface area contributed by atoms with Crippen molar-refractivity contribution < 1.29 is 36.6 Å². The third-order valence-corrected chi connectivity index (χ3v) is 5.43. The van der Waals surface area contributed by atoms with Crippen LogP contribution in [-0.4, -0.2) is 33.5 Å². The van der Waals surface area contributed by atoms with E-state index in [2.05, 4.69) is 20.5 Å². The number of hydrogen-bond acceptors (Lipinski definition) is 8. The highest BCUT2D eigenvalue weighted by Gasteiger charge is 2.38. The van der Waals surface area contributed by atoms with Crippen LogP contribution < -0.4 is 10.1 Å². The molecule has 0 spiro atoms. The molecule has 0 aliphatic carbocycles. The number of fused-ring (bicyclic) bond motifs is 5. The van der Waals surface area contributed by atoms with Gasteiger partial charge < -0.3 is 18.6 Å². The van der Waals surface area contributed by atoms with Crippen LogP contribution in [0.3, 0.4) is 0 Å². The lowest BCUT2D eigenvalue weighted by Gasteiger charge is -2.21. The minimum atomic E-state index is -4.82. The molecule has 1 N–H and O–H groups in total. The van der Waals surface area contributed by atoms with Crippen LogP contribution in [0.5, 0.6) is 5.88 Å². The fraction of sp³-hybridized carbons (Fsp3) is 0.448. The van der Waals surface area contributed by atoms with E-state index in [0.29, 0.717) is 19.3 Å². The third kappa shape index (κ3) is 9.31. The standard InChI is InChI=1S/C27H29F3N4O5.C2H6/c1-26(2,3)39-25(35)31-19-15-18(27(28,29)30)22-32-21(19)24-34-33-23(38-24)20(13-9-4-5-10-14-36-22)37-16-17-11-7-6-8-12-17;1-2/h4-8,11-12,15,20H,9-10,13-14,16H2,1-3H3,(H,31,35);1-2H3/b5-4-;. The van der Waals surface area contributed by atoms with E-state index in [-0.39, 0.29) is 36.4 Å². The maximum absolute atomic E-state index is 13.9. The number of ether oxygens (including phenoxy) is 3. The zero-order valence-corrected chi connectivity index (χ0v) is 23.7.